The van der Waals surface area contributed by atoms with Crippen LogP contribution in [-0.4, -0.2) is 35.0 Å². The Morgan fingerprint density at radius 2 is 2.47 bits per heavy atom. The van der Waals surface area contributed by atoms with E-state index in [4.69, 9.17) is 4.74 Å². The molecule has 2 heterocycles. The average Bonchev–Trinajstić information content (AvgIpc) is 2.97. The zero-order valence-electron chi connectivity index (χ0n) is 9.80. The molecule has 0 radical (unpaired) electrons. The highest BCUT2D eigenvalue weighted by atomic mass is 32.1. The SMILES string of the molecule is COCCNCc1ccn(Cc2cncs2)n1. The second kappa shape index (κ2) is 6.48. The Bertz CT molecular complexity index is 426. The predicted molar refractivity (Wildman–Crippen MR) is 67.0 cm³/mol. The average molecular weight is 252 g/mol. The maximum absolute atomic E-state index is 4.96. The summed E-state index contributed by atoms with van der Waals surface area (Å²) in [5.41, 5.74) is 2.89. The molecule has 0 spiro atoms. The smallest absolute Gasteiger partial charge is 0.0794 e. The Kier molecular flexibility index (Phi) is 4.66. The Morgan fingerprint density at radius 3 is 3.24 bits per heavy atom. The summed E-state index contributed by atoms with van der Waals surface area (Å²) in [5.74, 6) is 0. The highest BCUT2D eigenvalue weighted by molar-refractivity contribution is 7.09. The molecular weight excluding hydrogens is 236 g/mol. The third-order valence-corrected chi connectivity index (χ3v) is 3.05. The first-order chi connectivity index (χ1) is 8.38. The first kappa shape index (κ1) is 12.2. The van der Waals surface area contributed by atoms with Crippen LogP contribution in [0.2, 0.25) is 0 Å². The summed E-state index contributed by atoms with van der Waals surface area (Å²) in [7, 11) is 1.70. The van der Waals surface area contributed by atoms with Crippen molar-refractivity contribution in [1.82, 2.24) is 20.1 Å². The number of ether oxygens (including phenoxy) is 1. The van der Waals surface area contributed by atoms with E-state index in [1.807, 2.05) is 28.7 Å². The number of thiazole rings is 1. The van der Waals surface area contributed by atoms with Gasteiger partial charge in [0.25, 0.3) is 0 Å². The van der Waals surface area contributed by atoms with Gasteiger partial charge in [0.15, 0.2) is 0 Å². The molecule has 2 aromatic rings. The fourth-order valence-corrected chi connectivity index (χ4v) is 2.04. The van der Waals surface area contributed by atoms with Crippen molar-refractivity contribution in [3.63, 3.8) is 0 Å². The minimum absolute atomic E-state index is 0.724. The van der Waals surface area contributed by atoms with E-state index in [0.717, 1.165) is 31.9 Å². The molecule has 5 nitrogen and oxygen atoms in total. The topological polar surface area (TPSA) is 52.0 Å². The molecule has 0 atom stereocenters. The summed E-state index contributed by atoms with van der Waals surface area (Å²) < 4.78 is 6.89. The van der Waals surface area contributed by atoms with E-state index in [-0.39, 0.29) is 0 Å². The van der Waals surface area contributed by atoms with Crippen molar-refractivity contribution < 1.29 is 4.74 Å². The third-order valence-electron chi connectivity index (χ3n) is 2.29. The van der Waals surface area contributed by atoms with Crippen LogP contribution in [0.25, 0.3) is 0 Å². The van der Waals surface area contributed by atoms with Crippen LogP contribution in [0.4, 0.5) is 0 Å². The van der Waals surface area contributed by atoms with Gasteiger partial charge >= 0.3 is 0 Å². The zero-order chi connectivity index (χ0) is 11.9. The van der Waals surface area contributed by atoms with Gasteiger partial charge in [0.1, 0.15) is 0 Å². The molecule has 92 valence electrons. The van der Waals surface area contributed by atoms with Gasteiger partial charge in [-0.05, 0) is 6.07 Å². The normalized spacial score (nSPS) is 10.9. The van der Waals surface area contributed by atoms with Crippen molar-refractivity contribution in [3.05, 3.63) is 34.5 Å². The largest absolute Gasteiger partial charge is 0.383 e. The predicted octanol–water partition coefficient (Wildman–Crippen LogP) is 1.12. The lowest BCUT2D eigenvalue weighted by Gasteiger charge is -2.01. The molecule has 1 N–H and O–H groups in total. The maximum Gasteiger partial charge on any atom is 0.0794 e. The molecule has 0 aromatic carbocycles. The molecule has 0 aliphatic heterocycles. The van der Waals surface area contributed by atoms with Crippen LogP contribution < -0.4 is 5.32 Å². The second-order valence-electron chi connectivity index (χ2n) is 3.64. The number of hydrogen-bond donors (Lipinski definition) is 1. The third kappa shape index (κ3) is 3.92. The zero-order valence-corrected chi connectivity index (χ0v) is 10.6. The molecule has 2 rings (SSSR count). The van der Waals surface area contributed by atoms with Crippen LogP contribution in [0.5, 0.6) is 0 Å². The maximum atomic E-state index is 4.96. The fraction of sp³-hybridized carbons (Fsp3) is 0.455. The highest BCUT2D eigenvalue weighted by Crippen LogP contribution is 2.07. The second-order valence-corrected chi connectivity index (χ2v) is 4.61. The van der Waals surface area contributed by atoms with Crippen molar-refractivity contribution in [2.24, 2.45) is 0 Å². The van der Waals surface area contributed by atoms with Crippen LogP contribution >= 0.6 is 11.3 Å². The lowest BCUT2D eigenvalue weighted by molar-refractivity contribution is 0.199. The van der Waals surface area contributed by atoms with Crippen LogP contribution in [-0.2, 0) is 17.8 Å². The van der Waals surface area contributed by atoms with Crippen molar-refractivity contribution in [2.75, 3.05) is 20.3 Å². The lowest BCUT2D eigenvalue weighted by Crippen LogP contribution is -2.19. The van der Waals surface area contributed by atoms with Gasteiger partial charge in [-0.25, -0.2) is 0 Å². The minimum atomic E-state index is 0.724. The first-order valence-electron chi connectivity index (χ1n) is 5.48. The van der Waals surface area contributed by atoms with Gasteiger partial charge in [0.05, 0.1) is 24.4 Å². The van der Waals surface area contributed by atoms with Crippen LogP contribution in [0.15, 0.2) is 24.0 Å². The summed E-state index contributed by atoms with van der Waals surface area (Å²) in [6.45, 7) is 3.14. The monoisotopic (exact) mass is 252 g/mol. The van der Waals surface area contributed by atoms with Gasteiger partial charge in [-0.15, -0.1) is 11.3 Å². The van der Waals surface area contributed by atoms with Crippen LogP contribution in [0.3, 0.4) is 0 Å². The summed E-state index contributed by atoms with van der Waals surface area (Å²) >= 11 is 1.65. The number of rotatable bonds is 7. The molecule has 0 bridgehead atoms. The molecule has 0 saturated heterocycles. The number of aromatic nitrogens is 3. The van der Waals surface area contributed by atoms with Gasteiger partial charge in [-0.3, -0.25) is 9.67 Å². The number of methoxy groups -OCH3 is 1. The van der Waals surface area contributed by atoms with E-state index in [1.54, 1.807) is 18.4 Å². The Labute approximate surface area is 104 Å². The van der Waals surface area contributed by atoms with Gasteiger partial charge < -0.3 is 10.1 Å². The highest BCUT2D eigenvalue weighted by Gasteiger charge is 2.00. The molecule has 0 amide bonds. The summed E-state index contributed by atoms with van der Waals surface area (Å²) in [6.07, 6.45) is 3.87. The molecule has 0 aliphatic rings. The molecule has 0 unspecified atom stereocenters. The first-order valence-corrected chi connectivity index (χ1v) is 6.36. The molecule has 0 fully saturated rings. The summed E-state index contributed by atoms with van der Waals surface area (Å²) in [6, 6.07) is 2.03. The van der Waals surface area contributed by atoms with Crippen LogP contribution in [0, 0.1) is 0 Å². The van der Waals surface area contributed by atoms with E-state index in [2.05, 4.69) is 15.4 Å². The molecule has 0 aliphatic carbocycles. The Balaban J connectivity index is 1.79. The van der Waals surface area contributed by atoms with E-state index >= 15 is 0 Å². The number of hydrogen-bond acceptors (Lipinski definition) is 5. The summed E-state index contributed by atoms with van der Waals surface area (Å²) in [5, 5.41) is 7.74. The number of nitrogens with zero attached hydrogens (tertiary/aromatic N) is 3. The van der Waals surface area contributed by atoms with Gasteiger partial charge in [-0.1, -0.05) is 0 Å². The summed E-state index contributed by atoms with van der Waals surface area (Å²) in [4.78, 5) is 5.26. The van der Waals surface area contributed by atoms with E-state index in [0.29, 0.717) is 0 Å². The fourth-order valence-electron chi connectivity index (χ4n) is 1.46. The van der Waals surface area contributed by atoms with E-state index in [9.17, 15) is 0 Å². The molecule has 2 aromatic heterocycles. The van der Waals surface area contributed by atoms with E-state index in [1.165, 1.54) is 4.88 Å². The van der Waals surface area contributed by atoms with Gasteiger partial charge in [0.2, 0.25) is 0 Å². The van der Waals surface area contributed by atoms with Gasteiger partial charge in [0, 0.05) is 37.5 Å². The van der Waals surface area contributed by atoms with Crippen molar-refractivity contribution in [3.8, 4) is 0 Å². The minimum Gasteiger partial charge on any atom is -0.383 e. The standard InChI is InChI=1S/C11H16N4OS/c1-16-5-3-12-6-10-2-4-15(14-10)8-11-7-13-9-17-11/h2,4,7,9,12H,3,5-6,8H2,1H3. The quantitative estimate of drug-likeness (QED) is 0.750. The van der Waals surface area contributed by atoms with Gasteiger partial charge in [-0.2, -0.15) is 5.10 Å². The Morgan fingerprint density at radius 1 is 1.53 bits per heavy atom. The molecule has 6 heteroatoms. The van der Waals surface area contributed by atoms with Crippen molar-refractivity contribution in [1.29, 1.82) is 0 Å². The van der Waals surface area contributed by atoms with Crippen molar-refractivity contribution >= 4 is 11.3 Å². The lowest BCUT2D eigenvalue weighted by atomic mass is 10.4. The van der Waals surface area contributed by atoms with Crippen molar-refractivity contribution in [2.45, 2.75) is 13.1 Å². The number of nitrogens with one attached hydrogen (secondary N) is 1. The molecule has 0 saturated carbocycles. The van der Waals surface area contributed by atoms with E-state index < -0.39 is 0 Å². The Hall–Kier alpha value is -1.24. The molecule has 17 heavy (non-hydrogen) atoms. The molecular formula is C11H16N4OS. The van der Waals surface area contributed by atoms with Crippen LogP contribution in [0.1, 0.15) is 10.6 Å².